The zero-order valence-electron chi connectivity index (χ0n) is 26.3. The van der Waals surface area contributed by atoms with Gasteiger partial charge in [0.25, 0.3) is 6.43 Å². The minimum atomic E-state index is -2.60. The summed E-state index contributed by atoms with van der Waals surface area (Å²) in [7, 11) is -0.968. The summed E-state index contributed by atoms with van der Waals surface area (Å²) in [6.07, 6.45) is 1.95. The number of alkyl halides is 2. The molecule has 8 nitrogen and oxygen atoms in total. The number of aryl methyl sites for hydroxylation is 2. The number of piperidine rings is 1. The van der Waals surface area contributed by atoms with Gasteiger partial charge in [-0.3, -0.25) is 4.90 Å². The summed E-state index contributed by atoms with van der Waals surface area (Å²) in [6.45, 7) is 12.8. The maximum absolute atomic E-state index is 13.2. The van der Waals surface area contributed by atoms with E-state index in [0.717, 1.165) is 78.8 Å². The molecule has 0 saturated carbocycles. The van der Waals surface area contributed by atoms with Crippen LogP contribution in [0.5, 0.6) is 5.75 Å². The van der Waals surface area contributed by atoms with E-state index in [1.807, 2.05) is 30.9 Å². The molecule has 2 N–H and O–H groups in total. The van der Waals surface area contributed by atoms with Gasteiger partial charge in [-0.2, -0.15) is 4.98 Å². The lowest BCUT2D eigenvalue weighted by Gasteiger charge is -2.55. The van der Waals surface area contributed by atoms with E-state index < -0.39 is 13.6 Å². The van der Waals surface area contributed by atoms with Crippen molar-refractivity contribution in [3.63, 3.8) is 0 Å². The molecule has 0 unspecified atom stereocenters. The zero-order valence-corrected chi connectivity index (χ0v) is 28.0. The van der Waals surface area contributed by atoms with Gasteiger partial charge in [-0.15, -0.1) is 0 Å². The monoisotopic (exact) mass is 646 g/mol. The Bertz CT molecular complexity index is 1570. The summed E-state index contributed by atoms with van der Waals surface area (Å²) < 4.78 is 44.7. The van der Waals surface area contributed by atoms with E-state index in [9.17, 15) is 13.3 Å². The number of nitrogens with zero attached hydrogens (tertiary/aromatic N) is 4. The van der Waals surface area contributed by atoms with Crippen LogP contribution < -0.4 is 25.6 Å². The first-order valence-corrected chi connectivity index (χ1v) is 18.0. The quantitative estimate of drug-likeness (QED) is 0.224. The molecule has 44 heavy (non-hydrogen) atoms. The number of rotatable bonds is 10. The van der Waals surface area contributed by atoms with Crippen molar-refractivity contribution in [2.24, 2.45) is 5.41 Å². The minimum Gasteiger partial charge on any atom is -0.494 e. The second-order valence-corrected chi connectivity index (χ2v) is 16.0. The van der Waals surface area contributed by atoms with Gasteiger partial charge < -0.3 is 24.8 Å². The molecule has 2 aliphatic rings. The van der Waals surface area contributed by atoms with Gasteiger partial charge in [-0.05, 0) is 88.4 Å². The summed E-state index contributed by atoms with van der Waals surface area (Å²) in [6, 6.07) is 8.02. The van der Waals surface area contributed by atoms with Gasteiger partial charge in [0.2, 0.25) is 5.95 Å². The molecule has 1 spiro atoms. The predicted octanol–water partition coefficient (Wildman–Crippen LogP) is 7.22. The minimum absolute atomic E-state index is 0.132. The number of aromatic nitrogens is 2. The second-order valence-electron chi connectivity index (χ2n) is 12.5. The number of ether oxygens (including phenoxy) is 1. The highest BCUT2D eigenvalue weighted by molar-refractivity contribution is 7.70. The summed E-state index contributed by atoms with van der Waals surface area (Å²) >= 11 is 6.51. The second kappa shape index (κ2) is 12.8. The lowest BCUT2D eigenvalue weighted by atomic mass is 9.71. The normalized spacial score (nSPS) is 16.7. The fourth-order valence-electron chi connectivity index (χ4n) is 6.47. The first kappa shape index (κ1) is 32.5. The van der Waals surface area contributed by atoms with Crippen LogP contribution in [0.4, 0.5) is 37.6 Å². The largest absolute Gasteiger partial charge is 0.494 e. The summed E-state index contributed by atoms with van der Waals surface area (Å²) in [5.41, 5.74) is 5.96. The molecule has 0 atom stereocenters. The van der Waals surface area contributed by atoms with Crippen molar-refractivity contribution in [1.82, 2.24) is 14.9 Å². The summed E-state index contributed by atoms with van der Waals surface area (Å²) in [5.74, 6) is 1.40. The van der Waals surface area contributed by atoms with Gasteiger partial charge in [-0.1, -0.05) is 24.6 Å². The number of halogens is 3. The van der Waals surface area contributed by atoms with Crippen LogP contribution >= 0.6 is 18.7 Å². The Hall–Kier alpha value is -2.94. The third-order valence-electron chi connectivity index (χ3n) is 8.97. The highest BCUT2D eigenvalue weighted by atomic mass is 35.5. The fourth-order valence-corrected chi connectivity index (χ4v) is 8.31. The Balaban J connectivity index is 1.35. The molecule has 2 aliphatic heterocycles. The number of methoxy groups -OCH3 is 1. The van der Waals surface area contributed by atoms with Crippen LogP contribution in [0.3, 0.4) is 0 Å². The van der Waals surface area contributed by atoms with Crippen LogP contribution in [0, 0.1) is 19.3 Å². The van der Waals surface area contributed by atoms with E-state index in [0.29, 0.717) is 28.2 Å². The van der Waals surface area contributed by atoms with Gasteiger partial charge in [0.05, 0.1) is 31.2 Å². The first-order chi connectivity index (χ1) is 20.8. The lowest BCUT2D eigenvalue weighted by molar-refractivity contribution is 0.0320. The van der Waals surface area contributed by atoms with Crippen LogP contribution in [-0.4, -0.2) is 74.5 Å². The molecule has 3 aromatic rings. The van der Waals surface area contributed by atoms with Gasteiger partial charge in [0.15, 0.2) is 5.82 Å². The van der Waals surface area contributed by atoms with Crippen molar-refractivity contribution in [1.29, 1.82) is 0 Å². The Labute approximate surface area is 263 Å². The van der Waals surface area contributed by atoms with E-state index in [-0.39, 0.29) is 12.0 Å². The predicted molar refractivity (Wildman–Crippen MR) is 177 cm³/mol. The Morgan fingerprint density at radius 1 is 1.11 bits per heavy atom. The molecule has 2 fully saturated rings. The van der Waals surface area contributed by atoms with Gasteiger partial charge in [0, 0.05) is 35.6 Å². The average molecular weight is 647 g/mol. The molecule has 1 aromatic heterocycles. The lowest BCUT2D eigenvalue weighted by Crippen LogP contribution is -2.61. The highest BCUT2D eigenvalue weighted by Crippen LogP contribution is 2.46. The van der Waals surface area contributed by atoms with Crippen molar-refractivity contribution >= 4 is 52.9 Å². The third-order valence-corrected chi connectivity index (χ3v) is 10.9. The van der Waals surface area contributed by atoms with Crippen molar-refractivity contribution in [2.45, 2.75) is 46.5 Å². The molecule has 2 aromatic carbocycles. The summed E-state index contributed by atoms with van der Waals surface area (Å²) in [5, 5.41) is 7.72. The van der Waals surface area contributed by atoms with E-state index in [1.54, 1.807) is 20.4 Å². The number of nitrogens with one attached hydrogen (secondary N) is 2. The van der Waals surface area contributed by atoms with Crippen molar-refractivity contribution in [3.8, 4) is 5.75 Å². The Morgan fingerprint density at radius 3 is 2.43 bits per heavy atom. The molecule has 3 heterocycles. The van der Waals surface area contributed by atoms with E-state index >= 15 is 0 Å². The molecule has 0 bridgehead atoms. The number of benzene rings is 2. The zero-order chi connectivity index (χ0) is 31.8. The summed E-state index contributed by atoms with van der Waals surface area (Å²) in [4.78, 5) is 13.3. The standard InChI is InChI=1S/C32H42ClF2N6O2P/c1-7-22-14-25(27(43-4)15-26(22)41-18-32(19-41)10-12-40(13-11-32)17-28(34)35)38-31-36-16-23(33)30(39-31)37-24-9-8-20(2)21(3)29(24)44(5,6)42/h8-9,14-16,28H,7,10-13,17-19H2,1-6H3,(H2,36,37,38,39). The molecule has 5 rings (SSSR count). The molecule has 0 aliphatic carbocycles. The highest BCUT2D eigenvalue weighted by Gasteiger charge is 2.45. The van der Waals surface area contributed by atoms with Crippen LogP contribution in [0.25, 0.3) is 0 Å². The Morgan fingerprint density at radius 2 is 1.82 bits per heavy atom. The number of anilines is 5. The third kappa shape index (κ3) is 6.82. The van der Waals surface area contributed by atoms with Crippen LogP contribution in [0.15, 0.2) is 30.5 Å². The van der Waals surface area contributed by atoms with Crippen LogP contribution in [-0.2, 0) is 11.0 Å². The van der Waals surface area contributed by atoms with Gasteiger partial charge in [-0.25, -0.2) is 13.8 Å². The van der Waals surface area contributed by atoms with E-state index in [2.05, 4.69) is 44.6 Å². The molecule has 238 valence electrons. The fraction of sp³-hybridized carbons (Fsp3) is 0.500. The van der Waals surface area contributed by atoms with E-state index in [4.69, 9.17) is 16.3 Å². The molecule has 0 amide bonds. The number of hydrogen-bond acceptors (Lipinski definition) is 8. The molecular weight excluding hydrogens is 605 g/mol. The smallest absolute Gasteiger partial charge is 0.251 e. The molecule has 12 heteroatoms. The molecule has 2 saturated heterocycles. The molecular formula is C32H42ClF2N6O2P. The van der Waals surface area contributed by atoms with Crippen molar-refractivity contribution in [3.05, 3.63) is 52.2 Å². The maximum Gasteiger partial charge on any atom is 0.251 e. The maximum atomic E-state index is 13.2. The first-order valence-electron chi connectivity index (χ1n) is 15.0. The average Bonchev–Trinajstić information content (AvgIpc) is 2.95. The van der Waals surface area contributed by atoms with Crippen LogP contribution in [0.2, 0.25) is 5.02 Å². The topological polar surface area (TPSA) is 82.6 Å². The van der Waals surface area contributed by atoms with Crippen LogP contribution in [0.1, 0.15) is 36.5 Å². The molecule has 0 radical (unpaired) electrons. The Kier molecular flexibility index (Phi) is 9.45. The number of likely N-dealkylation sites (tertiary alicyclic amines) is 1. The van der Waals surface area contributed by atoms with Gasteiger partial charge in [0.1, 0.15) is 17.9 Å². The van der Waals surface area contributed by atoms with Crippen molar-refractivity contribution in [2.75, 3.05) is 68.7 Å². The SMILES string of the molecule is CCc1cc(Nc2ncc(Cl)c(Nc3ccc(C)c(C)c3P(C)(C)=O)n2)c(OC)cc1N1CC2(CCN(CC(F)F)CC2)C1. The van der Waals surface area contributed by atoms with Crippen molar-refractivity contribution < 1.29 is 18.1 Å². The van der Waals surface area contributed by atoms with Gasteiger partial charge >= 0.3 is 0 Å². The van der Waals surface area contributed by atoms with E-state index in [1.165, 1.54) is 6.20 Å². The number of hydrogen-bond donors (Lipinski definition) is 2.